The number of nitrogens with zero attached hydrogens (tertiary/aromatic N) is 2. The van der Waals surface area contributed by atoms with Crippen LogP contribution in [0.15, 0.2) is 24.3 Å². The molecular weight excluding hydrogens is 295 g/mol. The zero-order valence-electron chi connectivity index (χ0n) is 14.2. The van der Waals surface area contributed by atoms with Gasteiger partial charge in [0.1, 0.15) is 5.82 Å². The van der Waals surface area contributed by atoms with E-state index in [0.717, 1.165) is 24.8 Å². The van der Waals surface area contributed by atoms with Crippen molar-refractivity contribution in [1.82, 2.24) is 9.80 Å². The van der Waals surface area contributed by atoms with E-state index >= 15 is 0 Å². The minimum absolute atomic E-state index is 0.0754. The second kappa shape index (κ2) is 7.88. The summed E-state index contributed by atoms with van der Waals surface area (Å²) in [6.45, 7) is 3.37. The lowest BCUT2D eigenvalue weighted by Gasteiger charge is -2.37. The first kappa shape index (κ1) is 17.9. The fourth-order valence-electron chi connectivity index (χ4n) is 3.34. The average molecular weight is 322 g/mol. The van der Waals surface area contributed by atoms with Crippen molar-refractivity contribution in [2.75, 3.05) is 27.2 Å². The Bertz CT molecular complexity index is 510. The number of hydrogen-bond donors (Lipinski definition) is 1. The van der Waals surface area contributed by atoms with Crippen LogP contribution in [0.25, 0.3) is 0 Å². The van der Waals surface area contributed by atoms with Crippen LogP contribution in [0, 0.1) is 11.7 Å². The molecule has 5 heteroatoms. The Kier molecular flexibility index (Phi) is 6.13. The van der Waals surface area contributed by atoms with Gasteiger partial charge in [-0.15, -0.1) is 0 Å². The molecule has 0 radical (unpaired) electrons. The van der Waals surface area contributed by atoms with Gasteiger partial charge >= 0.3 is 0 Å². The Morgan fingerprint density at radius 3 is 2.35 bits per heavy atom. The maximum absolute atomic E-state index is 13.0. The molecule has 2 atom stereocenters. The molecule has 1 heterocycles. The summed E-state index contributed by atoms with van der Waals surface area (Å²) in [6, 6.07) is 5.95. The molecule has 1 N–H and O–H groups in total. The number of likely N-dealkylation sites (tertiary alicyclic amines) is 1. The van der Waals surface area contributed by atoms with Gasteiger partial charge in [0.25, 0.3) is 0 Å². The first-order valence-corrected chi connectivity index (χ1v) is 8.32. The predicted octanol–water partition coefficient (Wildman–Crippen LogP) is 2.44. The van der Waals surface area contributed by atoms with E-state index in [4.69, 9.17) is 0 Å². The highest BCUT2D eigenvalue weighted by atomic mass is 19.1. The number of halogens is 1. The molecule has 1 aromatic carbocycles. The van der Waals surface area contributed by atoms with Gasteiger partial charge in [-0.25, -0.2) is 4.39 Å². The molecule has 1 saturated heterocycles. The number of carbonyl (C=O) groups is 1. The summed E-state index contributed by atoms with van der Waals surface area (Å²) >= 11 is 0. The quantitative estimate of drug-likeness (QED) is 0.905. The number of aliphatic hydroxyl groups is 1. The molecule has 1 aliphatic heterocycles. The summed E-state index contributed by atoms with van der Waals surface area (Å²) in [5.74, 6) is -0.00757. The molecule has 1 fully saturated rings. The van der Waals surface area contributed by atoms with Crippen molar-refractivity contribution in [3.63, 3.8) is 0 Å². The van der Waals surface area contributed by atoms with E-state index in [2.05, 4.69) is 0 Å². The van der Waals surface area contributed by atoms with E-state index in [0.29, 0.717) is 13.1 Å². The highest BCUT2D eigenvalue weighted by molar-refractivity contribution is 5.81. The fourth-order valence-corrected chi connectivity index (χ4v) is 3.34. The fraction of sp³-hybridized carbons (Fsp3) is 0.611. The van der Waals surface area contributed by atoms with Crippen LogP contribution in [0.2, 0.25) is 0 Å². The third-order valence-corrected chi connectivity index (χ3v) is 4.80. The molecule has 23 heavy (non-hydrogen) atoms. The highest BCUT2D eigenvalue weighted by Gasteiger charge is 2.31. The molecule has 0 spiro atoms. The van der Waals surface area contributed by atoms with Gasteiger partial charge < -0.3 is 10.0 Å². The van der Waals surface area contributed by atoms with Crippen LogP contribution in [0.1, 0.15) is 37.9 Å². The predicted molar refractivity (Wildman–Crippen MR) is 88.4 cm³/mol. The topological polar surface area (TPSA) is 43.8 Å². The van der Waals surface area contributed by atoms with Crippen LogP contribution < -0.4 is 0 Å². The van der Waals surface area contributed by atoms with Crippen LogP contribution >= 0.6 is 0 Å². The van der Waals surface area contributed by atoms with Gasteiger partial charge in [0, 0.05) is 13.1 Å². The van der Waals surface area contributed by atoms with Crippen LogP contribution in [0.5, 0.6) is 0 Å². The first-order valence-electron chi connectivity index (χ1n) is 8.32. The summed E-state index contributed by atoms with van der Waals surface area (Å²) < 4.78 is 13.0. The van der Waals surface area contributed by atoms with E-state index in [-0.39, 0.29) is 23.7 Å². The lowest BCUT2D eigenvalue weighted by Crippen LogP contribution is -2.48. The third-order valence-electron chi connectivity index (χ3n) is 4.80. The van der Waals surface area contributed by atoms with Crippen molar-refractivity contribution >= 4 is 5.91 Å². The lowest BCUT2D eigenvalue weighted by atomic mass is 9.87. The number of benzene rings is 1. The zero-order chi connectivity index (χ0) is 17.0. The number of carbonyl (C=O) groups excluding carboxylic acids is 1. The molecule has 1 amide bonds. The second-order valence-electron chi connectivity index (χ2n) is 6.55. The molecule has 2 unspecified atom stereocenters. The summed E-state index contributed by atoms with van der Waals surface area (Å²) in [6.07, 6.45) is 1.75. The first-order chi connectivity index (χ1) is 10.9. The zero-order valence-corrected chi connectivity index (χ0v) is 14.2. The summed E-state index contributed by atoms with van der Waals surface area (Å²) in [7, 11) is 3.86. The van der Waals surface area contributed by atoms with Crippen molar-refractivity contribution in [3.8, 4) is 0 Å². The van der Waals surface area contributed by atoms with Gasteiger partial charge in [0.05, 0.1) is 12.1 Å². The van der Waals surface area contributed by atoms with Gasteiger partial charge in [-0.05, 0) is 57.0 Å². The molecule has 2 rings (SSSR count). The maximum atomic E-state index is 13.0. The molecule has 128 valence electrons. The number of piperidine rings is 1. The Balaban J connectivity index is 1.93. The van der Waals surface area contributed by atoms with Crippen molar-refractivity contribution in [2.45, 2.75) is 38.3 Å². The van der Waals surface area contributed by atoms with Gasteiger partial charge in [0.2, 0.25) is 5.91 Å². The van der Waals surface area contributed by atoms with E-state index in [1.807, 2.05) is 30.8 Å². The molecule has 4 nitrogen and oxygen atoms in total. The largest absolute Gasteiger partial charge is 0.388 e. The highest BCUT2D eigenvalue weighted by Crippen LogP contribution is 2.31. The molecule has 0 aromatic heterocycles. The van der Waals surface area contributed by atoms with Crippen molar-refractivity contribution in [2.24, 2.45) is 5.92 Å². The van der Waals surface area contributed by atoms with Gasteiger partial charge in [-0.3, -0.25) is 9.69 Å². The second-order valence-corrected chi connectivity index (χ2v) is 6.55. The minimum Gasteiger partial charge on any atom is -0.388 e. The summed E-state index contributed by atoms with van der Waals surface area (Å²) in [5, 5.41) is 10.5. The minimum atomic E-state index is -0.594. The molecular formula is C18H27FN2O2. The van der Waals surface area contributed by atoms with Crippen LogP contribution in [0.4, 0.5) is 4.39 Å². The van der Waals surface area contributed by atoms with Crippen LogP contribution in [0.3, 0.4) is 0 Å². The standard InChI is InChI=1S/C18H27FN2O2/c1-4-16(20(2)3)18(23)21-11-9-14(10-12-21)17(22)13-5-7-15(19)8-6-13/h5-8,14,16-17,22H,4,9-12H2,1-3H3. The Morgan fingerprint density at radius 2 is 1.87 bits per heavy atom. The van der Waals surface area contributed by atoms with Gasteiger partial charge in [0.15, 0.2) is 0 Å². The lowest BCUT2D eigenvalue weighted by molar-refractivity contribution is -0.138. The number of rotatable bonds is 5. The Hall–Kier alpha value is -1.46. The van der Waals surface area contributed by atoms with E-state index in [1.165, 1.54) is 12.1 Å². The monoisotopic (exact) mass is 322 g/mol. The van der Waals surface area contributed by atoms with Gasteiger partial charge in [-0.1, -0.05) is 19.1 Å². The summed E-state index contributed by atoms with van der Waals surface area (Å²) in [4.78, 5) is 16.4. The smallest absolute Gasteiger partial charge is 0.239 e. The molecule has 0 aliphatic carbocycles. The van der Waals surface area contributed by atoms with Crippen molar-refractivity contribution < 1.29 is 14.3 Å². The average Bonchev–Trinajstić information content (AvgIpc) is 2.55. The van der Waals surface area contributed by atoms with Crippen molar-refractivity contribution in [3.05, 3.63) is 35.6 Å². The van der Waals surface area contributed by atoms with E-state index < -0.39 is 6.10 Å². The van der Waals surface area contributed by atoms with E-state index in [9.17, 15) is 14.3 Å². The van der Waals surface area contributed by atoms with Crippen molar-refractivity contribution in [1.29, 1.82) is 0 Å². The van der Waals surface area contributed by atoms with Gasteiger partial charge in [-0.2, -0.15) is 0 Å². The summed E-state index contributed by atoms with van der Waals surface area (Å²) in [5.41, 5.74) is 0.746. The maximum Gasteiger partial charge on any atom is 0.239 e. The molecule has 0 bridgehead atoms. The van der Waals surface area contributed by atoms with Crippen LogP contribution in [-0.4, -0.2) is 54.0 Å². The SMILES string of the molecule is CCC(C(=O)N1CCC(C(O)c2ccc(F)cc2)CC1)N(C)C. The number of hydrogen-bond acceptors (Lipinski definition) is 3. The Morgan fingerprint density at radius 1 is 1.30 bits per heavy atom. The number of aliphatic hydroxyl groups excluding tert-OH is 1. The van der Waals surface area contributed by atoms with E-state index in [1.54, 1.807) is 12.1 Å². The number of amides is 1. The molecule has 1 aliphatic rings. The third kappa shape index (κ3) is 4.30. The van der Waals surface area contributed by atoms with Crippen LogP contribution in [-0.2, 0) is 4.79 Å². The Labute approximate surface area is 137 Å². The number of likely N-dealkylation sites (N-methyl/N-ethyl adjacent to an activating group) is 1. The molecule has 0 saturated carbocycles. The molecule has 1 aromatic rings. The normalized spacial score (nSPS) is 19.0.